The number of nitrogens with one attached hydrogen (secondary N) is 2. The number of thiophene rings is 1. The van der Waals surface area contributed by atoms with Gasteiger partial charge in [0.05, 0.1) is 24.4 Å². The summed E-state index contributed by atoms with van der Waals surface area (Å²) in [6.07, 6.45) is 0.793. The third kappa shape index (κ3) is 5.33. The van der Waals surface area contributed by atoms with Gasteiger partial charge in [0.15, 0.2) is 5.17 Å². The molecule has 2 aliphatic heterocycles. The Morgan fingerprint density at radius 3 is 2.79 bits per heavy atom. The van der Waals surface area contributed by atoms with Gasteiger partial charge in [-0.05, 0) is 36.9 Å². The highest BCUT2D eigenvalue weighted by Crippen LogP contribution is 2.34. The van der Waals surface area contributed by atoms with Crippen molar-refractivity contribution in [3.63, 3.8) is 0 Å². The second kappa shape index (κ2) is 10.3. The van der Waals surface area contributed by atoms with Crippen LogP contribution in [-0.2, 0) is 20.9 Å². The Kier molecular flexibility index (Phi) is 7.24. The molecule has 0 aliphatic carbocycles. The number of para-hydroxylation sites is 1. The predicted molar refractivity (Wildman–Crippen MR) is 132 cm³/mol. The summed E-state index contributed by atoms with van der Waals surface area (Å²) in [4.78, 5) is 49.7. The summed E-state index contributed by atoms with van der Waals surface area (Å²) in [6.45, 7) is 4.37. The number of nitrogens with zero attached hydrogens (tertiary/aromatic N) is 3. The van der Waals surface area contributed by atoms with Crippen LogP contribution in [0.3, 0.4) is 0 Å². The van der Waals surface area contributed by atoms with Crippen molar-refractivity contribution in [1.82, 2.24) is 15.5 Å². The number of carbonyl (C=O) groups is 3. The van der Waals surface area contributed by atoms with E-state index < -0.39 is 6.04 Å². The molecule has 0 fully saturated rings. The molecule has 0 saturated heterocycles. The minimum Gasteiger partial charge on any atom is -0.353 e. The summed E-state index contributed by atoms with van der Waals surface area (Å²) in [5, 5.41) is 8.12. The largest absolute Gasteiger partial charge is 0.353 e. The van der Waals surface area contributed by atoms with Gasteiger partial charge in [-0.3, -0.25) is 19.4 Å². The summed E-state index contributed by atoms with van der Waals surface area (Å²) >= 11 is 2.76. The highest BCUT2D eigenvalue weighted by molar-refractivity contribution is 8.14. The average Bonchev–Trinajstić information content (AvgIpc) is 3.44. The summed E-state index contributed by atoms with van der Waals surface area (Å²) in [7, 11) is 0. The van der Waals surface area contributed by atoms with Crippen molar-refractivity contribution in [2.45, 2.75) is 45.3 Å². The molecule has 2 aliphatic rings. The lowest BCUT2D eigenvalue weighted by atomic mass is 10.1. The summed E-state index contributed by atoms with van der Waals surface area (Å²) in [5.41, 5.74) is 1.42. The molecule has 0 bridgehead atoms. The zero-order valence-electron chi connectivity index (χ0n) is 18.4. The van der Waals surface area contributed by atoms with Crippen LogP contribution in [-0.4, -0.2) is 51.5 Å². The summed E-state index contributed by atoms with van der Waals surface area (Å²) < 4.78 is 0. The number of aliphatic imine (C=N–C) groups is 2. The Morgan fingerprint density at radius 2 is 2.03 bits per heavy atom. The molecule has 0 saturated carbocycles. The van der Waals surface area contributed by atoms with Crippen LogP contribution in [0.4, 0.5) is 5.69 Å². The van der Waals surface area contributed by atoms with Gasteiger partial charge in [-0.15, -0.1) is 11.3 Å². The minimum atomic E-state index is -0.825. The molecular weight excluding hydrogens is 458 g/mol. The van der Waals surface area contributed by atoms with Crippen molar-refractivity contribution in [2.75, 3.05) is 5.75 Å². The molecule has 172 valence electrons. The van der Waals surface area contributed by atoms with Crippen molar-refractivity contribution < 1.29 is 14.4 Å². The predicted octanol–water partition coefficient (Wildman–Crippen LogP) is 3.06. The van der Waals surface area contributed by atoms with Gasteiger partial charge < -0.3 is 10.6 Å². The number of hydrogen-bond donors (Lipinski definition) is 2. The maximum Gasteiger partial charge on any atom is 0.259 e. The lowest BCUT2D eigenvalue weighted by Crippen LogP contribution is -2.42. The van der Waals surface area contributed by atoms with Crippen LogP contribution >= 0.6 is 23.1 Å². The lowest BCUT2D eigenvalue weighted by Gasteiger charge is -2.25. The van der Waals surface area contributed by atoms with Gasteiger partial charge in [-0.1, -0.05) is 36.9 Å². The number of amidine groups is 2. The van der Waals surface area contributed by atoms with Crippen LogP contribution in [0.25, 0.3) is 0 Å². The molecular formula is C23H25N5O3S2. The molecule has 2 aromatic rings. The standard InChI is InChI=1S/C23H25N5O3S2/c1-3-14(2)25-20(30)13-33-23-27-17-9-5-4-8-16(17)21-26-18(22(31)28(21)23)11-19(29)24-12-15-7-6-10-32-15/h4-10,14,18H,3,11-13H2,1-2H3,(H,24,29)(H,25,30)/t14-,18-/m1/s1. The second-order valence-electron chi connectivity index (χ2n) is 7.78. The van der Waals surface area contributed by atoms with E-state index >= 15 is 0 Å². The van der Waals surface area contributed by atoms with Crippen LogP contribution in [0.5, 0.6) is 0 Å². The van der Waals surface area contributed by atoms with E-state index in [0.29, 0.717) is 23.2 Å². The van der Waals surface area contributed by atoms with Gasteiger partial charge in [0.1, 0.15) is 11.9 Å². The third-order valence-corrected chi connectivity index (χ3v) is 7.13. The molecule has 0 spiro atoms. The molecule has 8 nitrogen and oxygen atoms in total. The number of benzene rings is 1. The van der Waals surface area contributed by atoms with Gasteiger partial charge in [-0.2, -0.15) is 0 Å². The maximum absolute atomic E-state index is 13.2. The molecule has 3 heterocycles. The topological polar surface area (TPSA) is 103 Å². The quantitative estimate of drug-likeness (QED) is 0.602. The van der Waals surface area contributed by atoms with Crippen molar-refractivity contribution in [3.8, 4) is 0 Å². The molecule has 0 radical (unpaired) electrons. The fourth-order valence-corrected chi connectivity index (χ4v) is 4.88. The number of rotatable bonds is 8. The molecule has 1 aromatic heterocycles. The molecule has 3 amide bonds. The van der Waals surface area contributed by atoms with Gasteiger partial charge in [0, 0.05) is 16.5 Å². The summed E-state index contributed by atoms with van der Waals surface area (Å²) in [6, 6.07) is 10.6. The first-order valence-corrected chi connectivity index (χ1v) is 12.6. The molecule has 10 heteroatoms. The summed E-state index contributed by atoms with van der Waals surface area (Å²) in [5.74, 6) is -0.0522. The molecule has 33 heavy (non-hydrogen) atoms. The average molecular weight is 484 g/mol. The number of hydrogen-bond acceptors (Lipinski definition) is 7. The monoisotopic (exact) mass is 483 g/mol. The number of thioether (sulfide) groups is 1. The van der Waals surface area contributed by atoms with Crippen molar-refractivity contribution in [1.29, 1.82) is 0 Å². The van der Waals surface area contributed by atoms with Crippen LogP contribution in [0, 0.1) is 0 Å². The van der Waals surface area contributed by atoms with E-state index in [1.54, 1.807) is 11.3 Å². The smallest absolute Gasteiger partial charge is 0.259 e. The van der Waals surface area contributed by atoms with Crippen molar-refractivity contribution in [3.05, 3.63) is 52.2 Å². The van der Waals surface area contributed by atoms with Crippen molar-refractivity contribution in [2.24, 2.45) is 9.98 Å². The Hall–Kier alpha value is -2.98. The normalized spacial score (nSPS) is 17.6. The van der Waals surface area contributed by atoms with E-state index in [0.717, 1.165) is 16.9 Å². The Bertz CT molecular complexity index is 1110. The van der Waals surface area contributed by atoms with Gasteiger partial charge in [0.25, 0.3) is 5.91 Å². The van der Waals surface area contributed by atoms with Gasteiger partial charge in [-0.25, -0.2) is 9.89 Å². The molecule has 2 atom stereocenters. The fourth-order valence-electron chi connectivity index (χ4n) is 3.43. The van der Waals surface area contributed by atoms with E-state index in [9.17, 15) is 14.4 Å². The van der Waals surface area contributed by atoms with E-state index in [4.69, 9.17) is 0 Å². The van der Waals surface area contributed by atoms with Gasteiger partial charge >= 0.3 is 0 Å². The van der Waals surface area contributed by atoms with E-state index in [1.807, 2.05) is 55.6 Å². The Morgan fingerprint density at radius 1 is 1.21 bits per heavy atom. The first kappa shape index (κ1) is 23.2. The molecule has 1 aromatic carbocycles. The van der Waals surface area contributed by atoms with Crippen molar-refractivity contribution >= 4 is 57.5 Å². The van der Waals surface area contributed by atoms with Crippen LogP contribution < -0.4 is 10.6 Å². The first-order chi connectivity index (χ1) is 16.0. The first-order valence-electron chi connectivity index (χ1n) is 10.8. The number of carbonyl (C=O) groups excluding carboxylic acids is 3. The fraction of sp³-hybridized carbons (Fsp3) is 0.348. The third-order valence-electron chi connectivity index (χ3n) is 5.32. The van der Waals surface area contributed by atoms with Gasteiger partial charge in [0.2, 0.25) is 11.8 Å². The minimum absolute atomic E-state index is 0.0428. The van der Waals surface area contributed by atoms with Crippen LogP contribution in [0.2, 0.25) is 0 Å². The molecule has 2 N–H and O–H groups in total. The molecule has 4 rings (SSSR count). The Labute approximate surface area is 200 Å². The highest BCUT2D eigenvalue weighted by Gasteiger charge is 2.42. The second-order valence-corrected chi connectivity index (χ2v) is 9.75. The molecule has 0 unspecified atom stereocenters. The SMILES string of the molecule is CC[C@@H](C)NC(=O)CSC1=Nc2ccccc2C2=N[C@H](CC(=O)NCc3cccs3)C(=O)N12. The zero-order valence-corrected chi connectivity index (χ0v) is 20.0. The van der Waals surface area contributed by atoms with Crippen LogP contribution in [0.1, 0.15) is 37.1 Å². The van der Waals surface area contributed by atoms with E-state index in [-0.39, 0.29) is 35.9 Å². The number of fused-ring (bicyclic) bond motifs is 3. The zero-order chi connectivity index (χ0) is 23.4. The van der Waals surface area contributed by atoms with Crippen LogP contribution in [0.15, 0.2) is 51.8 Å². The highest BCUT2D eigenvalue weighted by atomic mass is 32.2. The Balaban J connectivity index is 1.48. The van der Waals surface area contributed by atoms with E-state index in [2.05, 4.69) is 20.6 Å². The number of amides is 3. The maximum atomic E-state index is 13.2. The van der Waals surface area contributed by atoms with E-state index in [1.165, 1.54) is 16.7 Å². The lowest BCUT2D eigenvalue weighted by molar-refractivity contribution is -0.128.